The summed E-state index contributed by atoms with van der Waals surface area (Å²) in [5.74, 6) is 0.716. The zero-order valence-corrected chi connectivity index (χ0v) is 20.1. The molecule has 0 aromatic carbocycles. The van der Waals surface area contributed by atoms with Gasteiger partial charge in [0.05, 0.1) is 9.75 Å². The SMILES string of the molecule is O=C(c1nc(-c2cccs2)cn1[SH]1C=CC=C1)c1nc(-c2cccs2)cn1[SH]1C=CC=C1. The quantitative estimate of drug-likeness (QED) is 0.242. The van der Waals surface area contributed by atoms with Gasteiger partial charge in [0, 0.05) is 12.4 Å². The minimum Gasteiger partial charge on any atom is -0.284 e. The zero-order chi connectivity index (χ0) is 21.5. The Bertz CT molecular complexity index is 1270. The van der Waals surface area contributed by atoms with Crippen LogP contribution in [0.25, 0.3) is 21.1 Å². The van der Waals surface area contributed by atoms with Crippen LogP contribution in [0, 0.1) is 0 Å². The molecular formula is C23H18N4OS4. The molecule has 0 amide bonds. The molecule has 2 aliphatic heterocycles. The predicted octanol–water partition coefficient (Wildman–Crippen LogP) is 6.38. The van der Waals surface area contributed by atoms with Gasteiger partial charge in [0.25, 0.3) is 5.78 Å². The predicted molar refractivity (Wildman–Crippen MR) is 140 cm³/mol. The van der Waals surface area contributed by atoms with Gasteiger partial charge in [0.1, 0.15) is 11.4 Å². The van der Waals surface area contributed by atoms with Crippen LogP contribution in [0.3, 0.4) is 0 Å². The van der Waals surface area contributed by atoms with E-state index in [9.17, 15) is 4.79 Å². The number of carbonyl (C=O) groups is 1. The summed E-state index contributed by atoms with van der Waals surface area (Å²) >= 11 is 1.71. The molecule has 5 nitrogen and oxygen atoms in total. The van der Waals surface area contributed by atoms with E-state index in [4.69, 9.17) is 9.97 Å². The lowest BCUT2D eigenvalue weighted by Gasteiger charge is -2.17. The molecule has 6 heterocycles. The van der Waals surface area contributed by atoms with Gasteiger partial charge in [-0.1, -0.05) is 36.4 Å². The van der Waals surface area contributed by atoms with Crippen molar-refractivity contribution in [1.82, 2.24) is 17.9 Å². The first-order chi connectivity index (χ1) is 15.8. The third-order valence-electron chi connectivity index (χ3n) is 5.00. The number of carbonyl (C=O) groups excluding carboxylic acids is 1. The lowest BCUT2D eigenvalue weighted by Crippen LogP contribution is -2.14. The molecule has 0 atom stereocenters. The molecule has 0 aliphatic carbocycles. The number of allylic oxidation sites excluding steroid dienone is 4. The second-order valence-corrected chi connectivity index (χ2v) is 12.5. The lowest BCUT2D eigenvalue weighted by atomic mass is 10.3. The minimum absolute atomic E-state index is 0.150. The van der Waals surface area contributed by atoms with Gasteiger partial charge in [-0.2, -0.15) is 0 Å². The maximum Gasteiger partial charge on any atom is 0.265 e. The van der Waals surface area contributed by atoms with Crippen LogP contribution in [-0.4, -0.2) is 23.7 Å². The van der Waals surface area contributed by atoms with E-state index in [-0.39, 0.29) is 5.78 Å². The van der Waals surface area contributed by atoms with Gasteiger partial charge in [0.2, 0.25) is 0 Å². The highest BCUT2D eigenvalue weighted by atomic mass is 32.2. The first-order valence-electron chi connectivity index (χ1n) is 9.86. The Morgan fingerprint density at radius 1 is 0.719 bits per heavy atom. The molecule has 4 aromatic heterocycles. The Kier molecular flexibility index (Phi) is 5.11. The van der Waals surface area contributed by atoms with Crippen molar-refractivity contribution in [1.29, 1.82) is 0 Å². The number of thiol groups is 2. The molecule has 0 spiro atoms. The fourth-order valence-electron chi connectivity index (χ4n) is 3.53. The summed E-state index contributed by atoms with van der Waals surface area (Å²) in [5, 5.41) is 12.6. The molecule has 0 fully saturated rings. The van der Waals surface area contributed by atoms with E-state index in [0.29, 0.717) is 11.6 Å². The van der Waals surface area contributed by atoms with Crippen molar-refractivity contribution < 1.29 is 4.79 Å². The van der Waals surface area contributed by atoms with Crippen LogP contribution < -0.4 is 0 Å². The van der Waals surface area contributed by atoms with Crippen LogP contribution in [0.2, 0.25) is 0 Å². The van der Waals surface area contributed by atoms with Crippen LogP contribution in [0.15, 0.2) is 93.4 Å². The highest BCUT2D eigenvalue weighted by molar-refractivity contribution is 8.21. The number of ketones is 1. The van der Waals surface area contributed by atoms with Crippen molar-refractivity contribution in [2.75, 3.05) is 0 Å². The van der Waals surface area contributed by atoms with Crippen molar-refractivity contribution in [3.05, 3.63) is 105 Å². The van der Waals surface area contributed by atoms with Gasteiger partial charge in [-0.15, -0.1) is 44.8 Å². The highest BCUT2D eigenvalue weighted by Gasteiger charge is 2.27. The number of thiophene rings is 2. The largest absolute Gasteiger partial charge is 0.284 e. The fraction of sp³-hybridized carbons (Fsp3) is 0. The highest BCUT2D eigenvalue weighted by Crippen LogP contribution is 2.41. The third kappa shape index (κ3) is 3.47. The summed E-state index contributed by atoms with van der Waals surface area (Å²) in [6, 6.07) is 8.07. The Morgan fingerprint density at radius 2 is 1.16 bits per heavy atom. The van der Waals surface area contributed by atoms with E-state index in [0.717, 1.165) is 21.1 Å². The van der Waals surface area contributed by atoms with E-state index in [1.165, 1.54) is 0 Å². The standard InChI is InChI=1S/C23H18N4OS4/c28-21(22-24-17(19-7-5-9-29-19)15-26(22)31-11-1-2-12-31)23-25-18(20-8-6-10-30-20)16-27(23)32-13-3-4-14-32/h1-16,31-32H. The van der Waals surface area contributed by atoms with Gasteiger partial charge in [-0.05, 0) is 44.5 Å². The molecule has 0 saturated carbocycles. The molecule has 0 N–H and O–H groups in total. The molecule has 6 rings (SSSR count). The molecule has 32 heavy (non-hydrogen) atoms. The Hall–Kier alpha value is -2.85. The van der Waals surface area contributed by atoms with Crippen LogP contribution in [0.1, 0.15) is 16.4 Å². The minimum atomic E-state index is -0.769. The van der Waals surface area contributed by atoms with E-state index in [2.05, 4.69) is 21.6 Å². The smallest absolute Gasteiger partial charge is 0.265 e. The molecule has 4 aromatic rings. The number of hydrogen-bond acceptors (Lipinski definition) is 5. The van der Waals surface area contributed by atoms with E-state index in [1.54, 1.807) is 22.7 Å². The van der Waals surface area contributed by atoms with E-state index in [1.807, 2.05) is 79.7 Å². The van der Waals surface area contributed by atoms with Gasteiger partial charge in [-0.3, -0.25) is 12.7 Å². The molecule has 160 valence electrons. The van der Waals surface area contributed by atoms with Gasteiger partial charge < -0.3 is 0 Å². The average molecular weight is 495 g/mol. The molecule has 9 heteroatoms. The maximum absolute atomic E-state index is 13.9. The summed E-state index contributed by atoms with van der Waals surface area (Å²) in [6.45, 7) is 0. The number of aromatic nitrogens is 4. The number of rotatable bonds is 6. The monoisotopic (exact) mass is 494 g/mol. The molecule has 0 radical (unpaired) electrons. The normalized spacial score (nSPS) is 16.6. The molecule has 0 unspecified atom stereocenters. The summed E-state index contributed by atoms with van der Waals surface area (Å²) in [5.41, 5.74) is 1.64. The fourth-order valence-corrected chi connectivity index (χ4v) is 7.96. The van der Waals surface area contributed by atoms with Crippen LogP contribution in [0.5, 0.6) is 0 Å². The van der Waals surface area contributed by atoms with E-state index < -0.39 is 22.2 Å². The third-order valence-corrected chi connectivity index (χ3v) is 10.3. The van der Waals surface area contributed by atoms with Gasteiger partial charge >= 0.3 is 0 Å². The zero-order valence-electron chi connectivity index (χ0n) is 16.6. The summed E-state index contributed by atoms with van der Waals surface area (Å²) in [7, 11) is 0. The Morgan fingerprint density at radius 3 is 1.53 bits per heavy atom. The number of nitrogens with zero attached hydrogens (tertiary/aromatic N) is 4. The van der Waals surface area contributed by atoms with E-state index >= 15 is 0 Å². The van der Waals surface area contributed by atoms with Crippen molar-refractivity contribution in [3.8, 4) is 21.1 Å². The molecule has 0 saturated heterocycles. The second-order valence-electron chi connectivity index (χ2n) is 7.00. The van der Waals surface area contributed by atoms with Crippen LogP contribution >= 0.6 is 44.8 Å². The van der Waals surface area contributed by atoms with Gasteiger partial charge in [0.15, 0.2) is 11.6 Å². The lowest BCUT2D eigenvalue weighted by molar-refractivity contribution is 0.101. The van der Waals surface area contributed by atoms with Crippen molar-refractivity contribution in [3.63, 3.8) is 0 Å². The molecular weight excluding hydrogens is 477 g/mol. The molecule has 0 bridgehead atoms. The summed E-state index contributed by atoms with van der Waals surface area (Å²) in [6.07, 6.45) is 12.1. The van der Waals surface area contributed by atoms with Crippen molar-refractivity contribution in [2.24, 2.45) is 0 Å². The van der Waals surface area contributed by atoms with Crippen molar-refractivity contribution in [2.45, 2.75) is 0 Å². The van der Waals surface area contributed by atoms with Crippen molar-refractivity contribution >= 4 is 50.6 Å². The average Bonchev–Trinajstić information content (AvgIpc) is 3.66. The number of hydrogen-bond donors (Lipinski definition) is 2. The second kappa shape index (κ2) is 8.25. The first kappa shape index (κ1) is 19.8. The Labute approximate surface area is 198 Å². The van der Waals surface area contributed by atoms with Crippen LogP contribution in [0.4, 0.5) is 0 Å². The molecule has 2 aliphatic rings. The van der Waals surface area contributed by atoms with Gasteiger partial charge in [-0.25, -0.2) is 9.97 Å². The summed E-state index contributed by atoms with van der Waals surface area (Å²) in [4.78, 5) is 25.6. The summed E-state index contributed by atoms with van der Waals surface area (Å²) < 4.78 is 4.04. The maximum atomic E-state index is 13.9. The number of imidazole rings is 2. The first-order valence-corrected chi connectivity index (χ1v) is 14.5. The topological polar surface area (TPSA) is 52.7 Å². The van der Waals surface area contributed by atoms with Crippen LogP contribution in [-0.2, 0) is 0 Å². The Balaban J connectivity index is 1.49.